The van der Waals surface area contributed by atoms with E-state index in [0.29, 0.717) is 18.1 Å². The lowest BCUT2D eigenvalue weighted by atomic mass is 10.1. The molecule has 0 bridgehead atoms. The number of nitrogen functional groups attached to an aromatic ring is 1. The lowest BCUT2D eigenvalue weighted by molar-refractivity contribution is 1.03. The summed E-state index contributed by atoms with van der Waals surface area (Å²) in [4.78, 5) is 9.36. The average molecular weight is 357 g/mol. The Morgan fingerprint density at radius 1 is 1.11 bits per heavy atom. The number of anilines is 2. The Balaban J connectivity index is 1.96. The minimum Gasteiger partial charge on any atom is -0.399 e. The van der Waals surface area contributed by atoms with Crippen LogP contribution in [0, 0.1) is 6.92 Å². The average Bonchev–Trinajstić information content (AvgIpc) is 2.69. The number of rotatable bonds is 6. The van der Waals surface area contributed by atoms with Crippen molar-refractivity contribution in [2.24, 2.45) is 5.10 Å². The number of allylic oxidation sites excluding steroid dienone is 1. The van der Waals surface area contributed by atoms with Gasteiger partial charge in [0.25, 0.3) is 0 Å². The fourth-order valence-electron chi connectivity index (χ4n) is 2.72. The molecule has 0 amide bonds. The van der Waals surface area contributed by atoms with Crippen LogP contribution in [0.2, 0.25) is 0 Å². The highest BCUT2D eigenvalue weighted by molar-refractivity contribution is 5.99. The van der Waals surface area contributed by atoms with Crippen LogP contribution < -0.4 is 11.2 Å². The second-order valence-electron chi connectivity index (χ2n) is 6.25. The minimum atomic E-state index is 0.666. The van der Waals surface area contributed by atoms with Gasteiger partial charge in [0.2, 0.25) is 0 Å². The summed E-state index contributed by atoms with van der Waals surface area (Å²) >= 11 is 0. The first kappa shape index (κ1) is 18.3. The predicted octanol–water partition coefficient (Wildman–Crippen LogP) is 4.60. The van der Waals surface area contributed by atoms with Crippen molar-refractivity contribution in [3.05, 3.63) is 84.1 Å². The van der Waals surface area contributed by atoms with Crippen LogP contribution in [0.25, 0.3) is 11.4 Å². The second kappa shape index (κ2) is 8.27. The van der Waals surface area contributed by atoms with Crippen molar-refractivity contribution in [2.75, 3.05) is 11.2 Å². The largest absolute Gasteiger partial charge is 0.399 e. The number of nitrogens with zero attached hydrogens (tertiary/aromatic N) is 3. The molecule has 136 valence electrons. The number of aryl methyl sites for hydroxylation is 1. The maximum absolute atomic E-state index is 5.75. The Morgan fingerprint density at radius 3 is 2.48 bits per heavy atom. The zero-order chi connectivity index (χ0) is 19.2. The molecule has 0 unspecified atom stereocenters. The van der Waals surface area contributed by atoms with Gasteiger partial charge in [0, 0.05) is 22.5 Å². The molecule has 2 aromatic carbocycles. The minimum absolute atomic E-state index is 0.666. The standard InChI is InChI=1S/C22H23N5/c1-4-8-20-16(3)24-21(18-9-6-5-7-10-18)25-22(20)27-26-15(2)17-11-13-19(23)14-12-17/h4-7,9-14H,1,8,23H2,2-3H3,(H,24,25,27)/b26-15-. The smallest absolute Gasteiger partial charge is 0.161 e. The van der Waals surface area contributed by atoms with Crippen LogP contribution in [0.15, 0.2) is 72.4 Å². The highest BCUT2D eigenvalue weighted by atomic mass is 15.3. The Bertz CT molecular complexity index is 960. The third kappa shape index (κ3) is 4.39. The number of benzene rings is 2. The summed E-state index contributed by atoms with van der Waals surface area (Å²) < 4.78 is 0. The summed E-state index contributed by atoms with van der Waals surface area (Å²) in [6.45, 7) is 7.76. The molecule has 0 spiro atoms. The third-order valence-electron chi connectivity index (χ3n) is 4.25. The first-order chi connectivity index (χ1) is 13.1. The van der Waals surface area contributed by atoms with E-state index in [9.17, 15) is 0 Å². The van der Waals surface area contributed by atoms with Crippen molar-refractivity contribution >= 4 is 17.2 Å². The maximum atomic E-state index is 5.75. The number of hydrogen-bond donors (Lipinski definition) is 2. The molecule has 0 saturated carbocycles. The molecule has 5 nitrogen and oxygen atoms in total. The molecule has 0 aliphatic heterocycles. The first-order valence-electron chi connectivity index (χ1n) is 8.78. The topological polar surface area (TPSA) is 76.2 Å². The summed E-state index contributed by atoms with van der Waals surface area (Å²) in [5, 5.41) is 4.51. The molecule has 3 rings (SSSR count). The fourth-order valence-corrected chi connectivity index (χ4v) is 2.72. The molecular formula is C22H23N5. The van der Waals surface area contributed by atoms with Crippen molar-refractivity contribution in [1.29, 1.82) is 0 Å². The van der Waals surface area contributed by atoms with Crippen LogP contribution in [0.3, 0.4) is 0 Å². The van der Waals surface area contributed by atoms with Gasteiger partial charge in [-0.15, -0.1) is 6.58 Å². The van der Waals surface area contributed by atoms with Gasteiger partial charge in [-0.3, -0.25) is 5.43 Å². The van der Waals surface area contributed by atoms with Crippen molar-refractivity contribution in [1.82, 2.24) is 9.97 Å². The molecule has 5 heteroatoms. The summed E-state index contributed by atoms with van der Waals surface area (Å²) in [5.74, 6) is 1.36. The van der Waals surface area contributed by atoms with E-state index in [1.54, 1.807) is 0 Å². The second-order valence-corrected chi connectivity index (χ2v) is 6.25. The summed E-state index contributed by atoms with van der Waals surface area (Å²) in [6, 6.07) is 17.5. The van der Waals surface area contributed by atoms with Gasteiger partial charge in [-0.2, -0.15) is 5.10 Å². The molecule has 0 aliphatic rings. The van der Waals surface area contributed by atoms with Crippen molar-refractivity contribution in [2.45, 2.75) is 20.3 Å². The molecule has 3 N–H and O–H groups in total. The number of hydrazone groups is 1. The lowest BCUT2D eigenvalue weighted by Crippen LogP contribution is -2.07. The summed E-state index contributed by atoms with van der Waals surface area (Å²) in [7, 11) is 0. The third-order valence-corrected chi connectivity index (χ3v) is 4.25. The maximum Gasteiger partial charge on any atom is 0.161 e. The normalized spacial score (nSPS) is 11.3. The van der Waals surface area contributed by atoms with Gasteiger partial charge in [-0.1, -0.05) is 48.5 Å². The highest BCUT2D eigenvalue weighted by Gasteiger charge is 2.12. The SMILES string of the molecule is C=CCc1c(C)nc(-c2ccccc2)nc1N/N=C(/C)c1ccc(N)cc1. The molecule has 0 aliphatic carbocycles. The monoisotopic (exact) mass is 357 g/mol. The number of nitrogens with two attached hydrogens (primary N) is 1. The Morgan fingerprint density at radius 2 is 1.81 bits per heavy atom. The number of aromatic nitrogens is 2. The van der Waals surface area contributed by atoms with E-state index >= 15 is 0 Å². The number of hydrogen-bond acceptors (Lipinski definition) is 5. The van der Waals surface area contributed by atoms with Gasteiger partial charge < -0.3 is 5.73 Å². The lowest BCUT2D eigenvalue weighted by Gasteiger charge is -2.12. The van der Waals surface area contributed by atoms with Gasteiger partial charge in [0.05, 0.1) is 5.71 Å². The van der Waals surface area contributed by atoms with Gasteiger partial charge in [0.1, 0.15) is 0 Å². The van der Waals surface area contributed by atoms with E-state index in [2.05, 4.69) is 22.1 Å². The molecule has 0 saturated heterocycles. The fraction of sp³-hybridized carbons (Fsp3) is 0.136. The van der Waals surface area contributed by atoms with Gasteiger partial charge >= 0.3 is 0 Å². The molecular weight excluding hydrogens is 334 g/mol. The Kier molecular flexibility index (Phi) is 5.61. The van der Waals surface area contributed by atoms with Crippen LogP contribution in [0.4, 0.5) is 11.5 Å². The van der Waals surface area contributed by atoms with Crippen LogP contribution in [-0.4, -0.2) is 15.7 Å². The molecule has 0 radical (unpaired) electrons. The molecule has 1 aromatic heterocycles. The van der Waals surface area contributed by atoms with Crippen molar-refractivity contribution < 1.29 is 0 Å². The van der Waals surface area contributed by atoms with Crippen LogP contribution in [-0.2, 0) is 6.42 Å². The van der Waals surface area contributed by atoms with Gasteiger partial charge in [0.15, 0.2) is 11.6 Å². The molecule has 27 heavy (non-hydrogen) atoms. The van der Waals surface area contributed by atoms with Crippen molar-refractivity contribution in [3.8, 4) is 11.4 Å². The van der Waals surface area contributed by atoms with Crippen LogP contribution >= 0.6 is 0 Å². The molecule has 3 aromatic rings. The van der Waals surface area contributed by atoms with E-state index in [0.717, 1.165) is 33.8 Å². The zero-order valence-corrected chi connectivity index (χ0v) is 15.6. The number of nitrogens with one attached hydrogen (secondary N) is 1. The highest BCUT2D eigenvalue weighted by Crippen LogP contribution is 2.23. The van der Waals surface area contributed by atoms with E-state index < -0.39 is 0 Å². The van der Waals surface area contributed by atoms with Gasteiger partial charge in [-0.25, -0.2) is 9.97 Å². The van der Waals surface area contributed by atoms with E-state index in [-0.39, 0.29) is 0 Å². The quantitative estimate of drug-likeness (QED) is 0.293. The molecule has 0 atom stereocenters. The first-order valence-corrected chi connectivity index (χ1v) is 8.78. The van der Waals surface area contributed by atoms with Crippen LogP contribution in [0.1, 0.15) is 23.7 Å². The van der Waals surface area contributed by atoms with Crippen LogP contribution in [0.5, 0.6) is 0 Å². The molecule has 0 fully saturated rings. The van der Waals surface area contributed by atoms with E-state index in [1.807, 2.05) is 74.5 Å². The predicted molar refractivity (Wildman–Crippen MR) is 113 cm³/mol. The van der Waals surface area contributed by atoms with E-state index in [4.69, 9.17) is 10.7 Å². The Hall–Kier alpha value is -3.47. The summed E-state index contributed by atoms with van der Waals surface area (Å²) in [6.07, 6.45) is 2.51. The van der Waals surface area contributed by atoms with Crippen molar-refractivity contribution in [3.63, 3.8) is 0 Å². The van der Waals surface area contributed by atoms with E-state index in [1.165, 1.54) is 0 Å². The molecule has 1 heterocycles. The van der Waals surface area contributed by atoms with Gasteiger partial charge in [-0.05, 0) is 38.0 Å². The zero-order valence-electron chi connectivity index (χ0n) is 15.6. The Labute approximate surface area is 159 Å². The summed E-state index contributed by atoms with van der Waals surface area (Å²) in [5.41, 5.74) is 14.3.